The zero-order chi connectivity index (χ0) is 18.1. The number of methoxy groups -OCH3 is 1. The molecule has 0 saturated carbocycles. The average Bonchev–Trinajstić information content (AvgIpc) is 2.52. The van der Waals surface area contributed by atoms with Crippen molar-refractivity contribution in [3.05, 3.63) is 59.2 Å². The molecule has 2 rings (SSSR count). The van der Waals surface area contributed by atoms with E-state index in [1.54, 1.807) is 6.07 Å². The molecule has 2 aromatic carbocycles. The third-order valence-corrected chi connectivity index (χ3v) is 3.95. The van der Waals surface area contributed by atoms with Gasteiger partial charge in [0.2, 0.25) is 0 Å². The van der Waals surface area contributed by atoms with Crippen LogP contribution in [0.2, 0.25) is 0 Å². The van der Waals surface area contributed by atoms with Crippen LogP contribution in [-0.2, 0) is 16.1 Å². The minimum Gasteiger partial charge on any atom is -0.465 e. The number of carbonyl (C=O) groups is 1. The van der Waals surface area contributed by atoms with E-state index in [4.69, 9.17) is 0 Å². The Labute approximate surface area is 141 Å². The summed E-state index contributed by atoms with van der Waals surface area (Å²) in [5.74, 6) is -3.67. The topological polar surface area (TPSA) is 26.3 Å². The monoisotopic (exact) mass is 332 g/mol. The second-order valence-corrected chi connectivity index (χ2v) is 7.01. The first-order valence-electron chi connectivity index (χ1n) is 7.75. The molecule has 0 aliphatic carbocycles. The van der Waals surface area contributed by atoms with E-state index in [2.05, 4.69) is 25.5 Å². The van der Waals surface area contributed by atoms with E-state index >= 15 is 0 Å². The van der Waals surface area contributed by atoms with Gasteiger partial charge in [0.15, 0.2) is 0 Å². The molecule has 0 spiro atoms. The largest absolute Gasteiger partial charge is 0.465 e. The maximum absolute atomic E-state index is 13.8. The standard InChI is InChI=1S/C20H22F2O2/c1-19(2,3)16-8-6-13(7-9-16)14-10-15(18(23)24-5)12-17(11-14)20(4,21)22/h6-12H,1-5H3. The number of rotatable bonds is 3. The zero-order valence-electron chi connectivity index (χ0n) is 14.6. The molecule has 2 aromatic rings. The number of hydrogen-bond acceptors (Lipinski definition) is 2. The molecule has 24 heavy (non-hydrogen) atoms. The Hall–Kier alpha value is -2.23. The van der Waals surface area contributed by atoms with Gasteiger partial charge in [-0.05, 0) is 40.3 Å². The number of carbonyl (C=O) groups excluding carboxylic acids is 1. The summed E-state index contributed by atoms with van der Waals surface area (Å²) < 4.78 is 32.2. The average molecular weight is 332 g/mol. The van der Waals surface area contributed by atoms with Gasteiger partial charge in [-0.25, -0.2) is 13.6 Å². The Bertz CT molecular complexity index is 736. The van der Waals surface area contributed by atoms with E-state index in [9.17, 15) is 13.6 Å². The fourth-order valence-electron chi connectivity index (χ4n) is 2.45. The second-order valence-electron chi connectivity index (χ2n) is 7.01. The Morgan fingerprint density at radius 1 is 0.875 bits per heavy atom. The van der Waals surface area contributed by atoms with E-state index in [0.29, 0.717) is 5.56 Å². The van der Waals surface area contributed by atoms with Crippen molar-refractivity contribution in [3.63, 3.8) is 0 Å². The molecule has 4 heteroatoms. The zero-order valence-corrected chi connectivity index (χ0v) is 14.6. The van der Waals surface area contributed by atoms with Crippen molar-refractivity contribution in [2.24, 2.45) is 0 Å². The van der Waals surface area contributed by atoms with Crippen molar-refractivity contribution in [1.82, 2.24) is 0 Å². The van der Waals surface area contributed by atoms with Crippen molar-refractivity contribution in [1.29, 1.82) is 0 Å². The first-order valence-corrected chi connectivity index (χ1v) is 7.75. The van der Waals surface area contributed by atoms with Gasteiger partial charge in [0.05, 0.1) is 12.7 Å². The van der Waals surface area contributed by atoms with Gasteiger partial charge in [-0.1, -0.05) is 45.0 Å². The lowest BCUT2D eigenvalue weighted by Crippen LogP contribution is -2.11. The highest BCUT2D eigenvalue weighted by Crippen LogP contribution is 2.33. The predicted molar refractivity (Wildman–Crippen MR) is 91.5 cm³/mol. The minimum absolute atomic E-state index is 0.00794. The quantitative estimate of drug-likeness (QED) is 0.689. The van der Waals surface area contributed by atoms with Crippen LogP contribution in [0.3, 0.4) is 0 Å². The van der Waals surface area contributed by atoms with Gasteiger partial charge in [-0.3, -0.25) is 0 Å². The first kappa shape index (κ1) is 18.1. The van der Waals surface area contributed by atoms with Crippen molar-refractivity contribution in [2.45, 2.75) is 39.0 Å². The number of halogens is 2. The van der Waals surface area contributed by atoms with Gasteiger partial charge < -0.3 is 4.74 Å². The van der Waals surface area contributed by atoms with E-state index in [1.807, 2.05) is 24.3 Å². The summed E-state index contributed by atoms with van der Waals surface area (Å²) in [4.78, 5) is 11.8. The van der Waals surface area contributed by atoms with Gasteiger partial charge >= 0.3 is 5.97 Å². The summed E-state index contributed by atoms with van der Waals surface area (Å²) in [6, 6.07) is 11.9. The van der Waals surface area contributed by atoms with Crippen LogP contribution in [0.1, 0.15) is 49.2 Å². The highest BCUT2D eigenvalue weighted by Gasteiger charge is 2.26. The lowest BCUT2D eigenvalue weighted by atomic mass is 9.86. The van der Waals surface area contributed by atoms with Gasteiger partial charge in [0.25, 0.3) is 5.92 Å². The van der Waals surface area contributed by atoms with E-state index in [-0.39, 0.29) is 16.5 Å². The molecule has 0 heterocycles. The molecular formula is C20H22F2O2. The molecule has 0 aliphatic heterocycles. The summed E-state index contributed by atoms with van der Waals surface area (Å²) in [6.07, 6.45) is 0. The molecule has 0 amide bonds. The summed E-state index contributed by atoms with van der Waals surface area (Å²) in [5, 5.41) is 0. The van der Waals surface area contributed by atoms with Crippen LogP contribution < -0.4 is 0 Å². The van der Waals surface area contributed by atoms with Crippen LogP contribution in [-0.4, -0.2) is 13.1 Å². The normalized spacial score (nSPS) is 12.1. The summed E-state index contributed by atoms with van der Waals surface area (Å²) >= 11 is 0. The summed E-state index contributed by atoms with van der Waals surface area (Å²) in [5.41, 5.74) is 2.41. The van der Waals surface area contributed by atoms with E-state index < -0.39 is 11.9 Å². The predicted octanol–water partition coefficient (Wildman–Crippen LogP) is 5.55. The van der Waals surface area contributed by atoms with Crippen LogP contribution in [0.25, 0.3) is 11.1 Å². The molecule has 0 saturated heterocycles. The number of hydrogen-bond donors (Lipinski definition) is 0. The fraction of sp³-hybridized carbons (Fsp3) is 0.350. The van der Waals surface area contributed by atoms with Crippen LogP contribution in [0.4, 0.5) is 8.78 Å². The Morgan fingerprint density at radius 3 is 1.92 bits per heavy atom. The molecule has 0 unspecified atom stereocenters. The van der Waals surface area contributed by atoms with Gasteiger partial charge in [0, 0.05) is 12.5 Å². The summed E-state index contributed by atoms with van der Waals surface area (Å²) in [7, 11) is 1.23. The molecule has 0 N–H and O–H groups in total. The highest BCUT2D eigenvalue weighted by atomic mass is 19.3. The van der Waals surface area contributed by atoms with Gasteiger partial charge in [0.1, 0.15) is 0 Å². The number of benzene rings is 2. The third kappa shape index (κ3) is 3.99. The lowest BCUT2D eigenvalue weighted by Gasteiger charge is -2.19. The molecular weight excluding hydrogens is 310 g/mol. The minimum atomic E-state index is -3.04. The molecule has 128 valence electrons. The molecule has 0 fully saturated rings. The Morgan fingerprint density at radius 2 is 1.46 bits per heavy atom. The number of ether oxygens (including phenoxy) is 1. The van der Waals surface area contributed by atoms with Crippen LogP contribution in [0.15, 0.2) is 42.5 Å². The van der Waals surface area contributed by atoms with Crippen molar-refractivity contribution < 1.29 is 18.3 Å². The fourth-order valence-corrected chi connectivity index (χ4v) is 2.45. The maximum Gasteiger partial charge on any atom is 0.337 e. The van der Waals surface area contributed by atoms with Gasteiger partial charge in [-0.2, -0.15) is 0 Å². The van der Waals surface area contributed by atoms with Crippen LogP contribution >= 0.6 is 0 Å². The molecule has 0 aromatic heterocycles. The molecule has 0 atom stereocenters. The van der Waals surface area contributed by atoms with Crippen molar-refractivity contribution in [3.8, 4) is 11.1 Å². The smallest absolute Gasteiger partial charge is 0.337 e. The van der Waals surface area contributed by atoms with E-state index in [1.165, 1.54) is 19.2 Å². The highest BCUT2D eigenvalue weighted by molar-refractivity contribution is 5.91. The van der Waals surface area contributed by atoms with Crippen LogP contribution in [0.5, 0.6) is 0 Å². The Balaban J connectivity index is 2.55. The lowest BCUT2D eigenvalue weighted by molar-refractivity contribution is 0.0174. The number of esters is 1. The van der Waals surface area contributed by atoms with Crippen molar-refractivity contribution in [2.75, 3.05) is 7.11 Å². The second kappa shape index (κ2) is 6.34. The Kier molecular flexibility index (Phi) is 4.79. The van der Waals surface area contributed by atoms with Crippen LogP contribution in [0, 0.1) is 0 Å². The molecule has 2 nitrogen and oxygen atoms in total. The van der Waals surface area contributed by atoms with Gasteiger partial charge in [-0.15, -0.1) is 0 Å². The first-order chi connectivity index (χ1) is 11.0. The third-order valence-electron chi connectivity index (χ3n) is 3.95. The summed E-state index contributed by atoms with van der Waals surface area (Å²) in [6.45, 7) is 7.14. The van der Waals surface area contributed by atoms with Crippen molar-refractivity contribution >= 4 is 5.97 Å². The maximum atomic E-state index is 13.8. The van der Waals surface area contributed by atoms with E-state index in [0.717, 1.165) is 18.1 Å². The molecule has 0 bridgehead atoms. The molecule has 0 aliphatic rings. The SMILES string of the molecule is COC(=O)c1cc(-c2ccc(C(C)(C)C)cc2)cc(C(C)(F)F)c1. The molecule has 0 radical (unpaired) electrons. The number of alkyl halides is 2.